The van der Waals surface area contributed by atoms with Crippen LogP contribution in [0, 0.1) is 0 Å². The van der Waals surface area contributed by atoms with Crippen LogP contribution in [-0.2, 0) is 25.7 Å². The van der Waals surface area contributed by atoms with Crippen LogP contribution >= 0.6 is 0 Å². The Balaban J connectivity index is 2.06. The summed E-state index contributed by atoms with van der Waals surface area (Å²) in [6.07, 6.45) is 3.45. The molecule has 0 atom stereocenters. The van der Waals surface area contributed by atoms with Gasteiger partial charge in [0, 0.05) is 24.0 Å². The molecule has 1 heterocycles. The maximum absolute atomic E-state index is 12.7. The summed E-state index contributed by atoms with van der Waals surface area (Å²) in [6, 6.07) is 17.2. The van der Waals surface area contributed by atoms with Crippen molar-refractivity contribution in [2.75, 3.05) is 14.2 Å². The van der Waals surface area contributed by atoms with Gasteiger partial charge >= 0.3 is 11.9 Å². The summed E-state index contributed by atoms with van der Waals surface area (Å²) < 4.78 is 16.2. The minimum absolute atomic E-state index is 0.0323. The van der Waals surface area contributed by atoms with E-state index in [2.05, 4.69) is 0 Å². The number of para-hydroxylation sites is 1. The number of carbonyl (C=O) groups is 2. The van der Waals surface area contributed by atoms with Crippen LogP contribution in [0.4, 0.5) is 0 Å². The third-order valence-corrected chi connectivity index (χ3v) is 5.10. The van der Waals surface area contributed by atoms with Crippen molar-refractivity contribution in [3.05, 3.63) is 89.3 Å². The molecule has 0 unspecified atom stereocenters. The maximum Gasteiger partial charge on any atom is 0.336 e. The van der Waals surface area contributed by atoms with E-state index in [0.29, 0.717) is 29.1 Å². The Morgan fingerprint density at radius 1 is 0.871 bits per heavy atom. The van der Waals surface area contributed by atoms with E-state index in [9.17, 15) is 9.59 Å². The van der Waals surface area contributed by atoms with Gasteiger partial charge in [0.25, 0.3) is 0 Å². The van der Waals surface area contributed by atoms with Crippen molar-refractivity contribution in [2.45, 2.75) is 32.4 Å². The van der Waals surface area contributed by atoms with Crippen molar-refractivity contribution >= 4 is 11.9 Å². The molecule has 162 valence electrons. The van der Waals surface area contributed by atoms with Gasteiger partial charge in [-0.3, -0.25) is 0 Å². The Bertz CT molecular complexity index is 960. The van der Waals surface area contributed by atoms with E-state index in [1.165, 1.54) is 14.2 Å². The average Bonchev–Trinajstić information content (AvgIpc) is 2.81. The zero-order valence-corrected chi connectivity index (χ0v) is 18.2. The lowest BCUT2D eigenvalue weighted by Gasteiger charge is -2.32. The number of carbonyl (C=O) groups excluding carboxylic acids is 2. The van der Waals surface area contributed by atoms with E-state index in [4.69, 9.17) is 14.2 Å². The highest BCUT2D eigenvalue weighted by Crippen LogP contribution is 2.41. The molecular formula is C25H27NO5. The summed E-state index contributed by atoms with van der Waals surface area (Å²) in [6.45, 7) is 4.29. The van der Waals surface area contributed by atoms with Gasteiger partial charge in [0.1, 0.15) is 12.4 Å². The van der Waals surface area contributed by atoms with Crippen molar-refractivity contribution in [3.8, 4) is 5.75 Å². The van der Waals surface area contributed by atoms with Gasteiger partial charge in [0.15, 0.2) is 0 Å². The molecule has 0 spiro atoms. The minimum atomic E-state index is -0.679. The lowest BCUT2D eigenvalue weighted by Crippen LogP contribution is -2.31. The van der Waals surface area contributed by atoms with Gasteiger partial charge in [-0.2, -0.15) is 0 Å². The van der Waals surface area contributed by atoms with E-state index >= 15 is 0 Å². The summed E-state index contributed by atoms with van der Waals surface area (Å²) in [5.74, 6) is -1.12. The van der Waals surface area contributed by atoms with Crippen LogP contribution in [0.3, 0.4) is 0 Å². The number of rotatable bonds is 7. The number of hydrogen-bond acceptors (Lipinski definition) is 6. The van der Waals surface area contributed by atoms with Gasteiger partial charge in [0.05, 0.1) is 31.3 Å². The Hall–Kier alpha value is -3.54. The first-order valence-corrected chi connectivity index (χ1v) is 10.1. The highest BCUT2D eigenvalue weighted by atomic mass is 16.5. The molecule has 3 rings (SSSR count). The molecule has 0 aliphatic carbocycles. The average molecular weight is 421 g/mol. The molecule has 6 nitrogen and oxygen atoms in total. The first kappa shape index (κ1) is 22.2. The van der Waals surface area contributed by atoms with Crippen LogP contribution in [-0.4, -0.2) is 37.1 Å². The van der Waals surface area contributed by atoms with Crippen LogP contribution in [0.1, 0.15) is 30.9 Å². The zero-order chi connectivity index (χ0) is 22.4. The number of esters is 2. The van der Waals surface area contributed by atoms with Crippen molar-refractivity contribution in [3.63, 3.8) is 0 Å². The van der Waals surface area contributed by atoms with Gasteiger partial charge in [-0.05, 0) is 25.5 Å². The molecule has 6 heteroatoms. The van der Waals surface area contributed by atoms with Crippen molar-refractivity contribution in [1.82, 2.24) is 4.90 Å². The quantitative estimate of drug-likeness (QED) is 0.625. The Morgan fingerprint density at radius 2 is 1.42 bits per heavy atom. The number of ether oxygens (including phenoxy) is 3. The van der Waals surface area contributed by atoms with Crippen LogP contribution in [0.25, 0.3) is 0 Å². The van der Waals surface area contributed by atoms with E-state index in [-0.39, 0.29) is 6.04 Å². The number of methoxy groups -OCH3 is 2. The Kier molecular flexibility index (Phi) is 7.13. The molecule has 0 radical (unpaired) electrons. The smallest absolute Gasteiger partial charge is 0.336 e. The van der Waals surface area contributed by atoms with Crippen LogP contribution < -0.4 is 4.74 Å². The maximum atomic E-state index is 12.7. The molecule has 0 fully saturated rings. The zero-order valence-electron chi connectivity index (χ0n) is 18.2. The Labute approximate surface area is 182 Å². The highest BCUT2D eigenvalue weighted by molar-refractivity contribution is 5.98. The SMILES string of the molecule is COC(=O)C1=CN(C(C)C)C=C(C(=O)OC)C1c1ccccc1OCc1ccccc1. The molecule has 0 saturated heterocycles. The molecule has 1 aliphatic rings. The summed E-state index contributed by atoms with van der Waals surface area (Å²) in [4.78, 5) is 27.3. The van der Waals surface area contributed by atoms with Crippen molar-refractivity contribution in [1.29, 1.82) is 0 Å². The predicted molar refractivity (Wildman–Crippen MR) is 117 cm³/mol. The van der Waals surface area contributed by atoms with Gasteiger partial charge in [-0.1, -0.05) is 48.5 Å². The van der Waals surface area contributed by atoms with Crippen molar-refractivity contribution < 1.29 is 23.8 Å². The third-order valence-electron chi connectivity index (χ3n) is 5.10. The topological polar surface area (TPSA) is 65.1 Å². The van der Waals surface area contributed by atoms with E-state index < -0.39 is 17.9 Å². The van der Waals surface area contributed by atoms with E-state index in [0.717, 1.165) is 5.56 Å². The summed E-state index contributed by atoms with van der Waals surface area (Å²) >= 11 is 0. The summed E-state index contributed by atoms with van der Waals surface area (Å²) in [5.41, 5.74) is 2.39. The number of hydrogen-bond donors (Lipinski definition) is 0. The van der Waals surface area contributed by atoms with Crippen LogP contribution in [0.2, 0.25) is 0 Å². The fraction of sp³-hybridized carbons (Fsp3) is 0.280. The normalized spacial score (nSPS) is 14.0. The molecule has 0 aromatic heterocycles. The van der Waals surface area contributed by atoms with Crippen LogP contribution in [0.15, 0.2) is 78.1 Å². The second kappa shape index (κ2) is 9.98. The lowest BCUT2D eigenvalue weighted by molar-refractivity contribution is -0.137. The van der Waals surface area contributed by atoms with Gasteiger partial charge < -0.3 is 19.1 Å². The molecular weight excluding hydrogens is 394 g/mol. The summed E-state index contributed by atoms with van der Waals surface area (Å²) in [7, 11) is 2.65. The fourth-order valence-electron chi connectivity index (χ4n) is 3.47. The molecule has 0 bridgehead atoms. The molecule has 0 amide bonds. The molecule has 31 heavy (non-hydrogen) atoms. The van der Waals surface area contributed by atoms with E-state index in [1.807, 2.05) is 73.3 Å². The molecule has 0 N–H and O–H groups in total. The second-order valence-corrected chi connectivity index (χ2v) is 7.44. The first-order chi connectivity index (χ1) is 15.0. The largest absolute Gasteiger partial charge is 0.489 e. The minimum Gasteiger partial charge on any atom is -0.489 e. The first-order valence-electron chi connectivity index (χ1n) is 10.1. The monoisotopic (exact) mass is 421 g/mol. The summed E-state index contributed by atoms with van der Waals surface area (Å²) in [5, 5.41) is 0. The Morgan fingerprint density at radius 3 is 1.97 bits per heavy atom. The number of nitrogens with zero attached hydrogens (tertiary/aromatic N) is 1. The van der Waals surface area contributed by atoms with E-state index in [1.54, 1.807) is 12.4 Å². The third kappa shape index (κ3) is 4.97. The fourth-order valence-corrected chi connectivity index (χ4v) is 3.47. The van der Waals surface area contributed by atoms with Gasteiger partial charge in [-0.25, -0.2) is 9.59 Å². The predicted octanol–water partition coefficient (Wildman–Crippen LogP) is 4.19. The molecule has 0 saturated carbocycles. The number of benzene rings is 2. The van der Waals surface area contributed by atoms with Gasteiger partial charge in [0.2, 0.25) is 0 Å². The van der Waals surface area contributed by atoms with Gasteiger partial charge in [-0.15, -0.1) is 0 Å². The highest BCUT2D eigenvalue weighted by Gasteiger charge is 2.37. The molecule has 2 aromatic rings. The second-order valence-electron chi connectivity index (χ2n) is 7.44. The molecule has 1 aliphatic heterocycles. The van der Waals surface area contributed by atoms with Crippen molar-refractivity contribution in [2.24, 2.45) is 0 Å². The lowest BCUT2D eigenvalue weighted by atomic mass is 9.82. The molecule has 2 aromatic carbocycles. The van der Waals surface area contributed by atoms with Crippen LogP contribution in [0.5, 0.6) is 5.75 Å². The standard InChI is InChI=1S/C25H27NO5/c1-17(2)26-14-20(24(27)29-3)23(21(15-26)25(28)30-4)19-12-8-9-13-22(19)31-16-18-10-6-5-7-11-18/h5-15,17,23H,16H2,1-4H3.